The van der Waals surface area contributed by atoms with Crippen LogP contribution in [0.5, 0.6) is 0 Å². The van der Waals surface area contributed by atoms with E-state index in [2.05, 4.69) is 4.98 Å². The van der Waals surface area contributed by atoms with Crippen LogP contribution in [0.25, 0.3) is 0 Å². The zero-order chi connectivity index (χ0) is 9.84. The number of rotatable bonds is 3. The van der Waals surface area contributed by atoms with Crippen LogP contribution >= 0.6 is 23.2 Å². The Labute approximate surface area is 86.8 Å². The highest BCUT2D eigenvalue weighted by atomic mass is 35.5. The molecule has 0 spiro atoms. The maximum atomic E-state index is 5.83. The molecule has 1 atom stereocenters. The molecule has 5 heteroatoms. The Morgan fingerprint density at radius 3 is 2.77 bits per heavy atom. The molecule has 2 N–H and O–H groups in total. The van der Waals surface area contributed by atoms with Gasteiger partial charge in [-0.2, -0.15) is 0 Å². The van der Waals surface area contributed by atoms with Gasteiger partial charge in [-0.3, -0.25) is 0 Å². The molecule has 72 valence electrons. The van der Waals surface area contributed by atoms with Gasteiger partial charge in [0.15, 0.2) is 0 Å². The van der Waals surface area contributed by atoms with Gasteiger partial charge in [0, 0.05) is 12.7 Å². The first kappa shape index (κ1) is 10.7. The molecule has 0 aliphatic carbocycles. The van der Waals surface area contributed by atoms with Crippen LogP contribution in [0, 0.1) is 0 Å². The summed E-state index contributed by atoms with van der Waals surface area (Å²) >= 11 is 11.5. The van der Waals surface area contributed by atoms with E-state index in [0.717, 1.165) is 5.56 Å². The Kier molecular flexibility index (Phi) is 3.93. The molecule has 0 bridgehead atoms. The molecule has 1 heterocycles. The minimum atomic E-state index is -0.262. The molecule has 0 saturated heterocycles. The van der Waals surface area contributed by atoms with Crippen molar-refractivity contribution in [3.05, 3.63) is 28.0 Å². The molecule has 0 aliphatic rings. The minimum Gasteiger partial charge on any atom is -0.383 e. The smallest absolute Gasteiger partial charge is 0.135 e. The fourth-order valence-corrected chi connectivity index (χ4v) is 1.45. The summed E-state index contributed by atoms with van der Waals surface area (Å²) in [5.74, 6) is 0. The number of nitrogens with two attached hydrogens (primary N) is 1. The van der Waals surface area contributed by atoms with E-state index in [-0.39, 0.29) is 6.04 Å². The van der Waals surface area contributed by atoms with Gasteiger partial charge in [0.1, 0.15) is 10.3 Å². The van der Waals surface area contributed by atoms with E-state index < -0.39 is 0 Å². The molecule has 1 aromatic rings. The van der Waals surface area contributed by atoms with Gasteiger partial charge < -0.3 is 10.5 Å². The highest BCUT2D eigenvalue weighted by molar-refractivity contribution is 6.32. The van der Waals surface area contributed by atoms with Crippen molar-refractivity contribution >= 4 is 23.2 Å². The van der Waals surface area contributed by atoms with Crippen molar-refractivity contribution in [2.24, 2.45) is 5.73 Å². The number of ether oxygens (including phenoxy) is 1. The van der Waals surface area contributed by atoms with Gasteiger partial charge in [-0.1, -0.05) is 29.3 Å². The summed E-state index contributed by atoms with van der Waals surface area (Å²) in [6.07, 6.45) is 0. The van der Waals surface area contributed by atoms with E-state index in [9.17, 15) is 0 Å². The van der Waals surface area contributed by atoms with Crippen molar-refractivity contribution < 1.29 is 4.74 Å². The van der Waals surface area contributed by atoms with Gasteiger partial charge in [0.25, 0.3) is 0 Å². The summed E-state index contributed by atoms with van der Waals surface area (Å²) in [5.41, 5.74) is 6.51. The van der Waals surface area contributed by atoms with Crippen molar-refractivity contribution in [3.63, 3.8) is 0 Å². The van der Waals surface area contributed by atoms with Crippen molar-refractivity contribution in [2.75, 3.05) is 13.7 Å². The molecule has 0 aliphatic heterocycles. The molecule has 3 nitrogen and oxygen atoms in total. The predicted octanol–water partition coefficient (Wildman–Crippen LogP) is 2.03. The Hall–Kier alpha value is -0.350. The summed E-state index contributed by atoms with van der Waals surface area (Å²) in [5, 5.41) is 0.690. The van der Waals surface area contributed by atoms with Crippen LogP contribution in [0.15, 0.2) is 12.1 Å². The first-order valence-electron chi connectivity index (χ1n) is 3.71. The van der Waals surface area contributed by atoms with Crippen molar-refractivity contribution in [2.45, 2.75) is 6.04 Å². The van der Waals surface area contributed by atoms with Crippen molar-refractivity contribution in [1.29, 1.82) is 0 Å². The lowest BCUT2D eigenvalue weighted by atomic mass is 10.1. The van der Waals surface area contributed by atoms with Crippen molar-refractivity contribution in [1.82, 2.24) is 4.98 Å². The zero-order valence-corrected chi connectivity index (χ0v) is 8.64. The quantitative estimate of drug-likeness (QED) is 0.794. The topological polar surface area (TPSA) is 48.1 Å². The van der Waals surface area contributed by atoms with Gasteiger partial charge >= 0.3 is 0 Å². The summed E-state index contributed by atoms with van der Waals surface area (Å²) < 4.78 is 4.90. The van der Waals surface area contributed by atoms with Gasteiger partial charge in [-0.15, -0.1) is 0 Å². The highest BCUT2D eigenvalue weighted by Crippen LogP contribution is 2.21. The fraction of sp³-hybridized carbons (Fsp3) is 0.375. The third-order valence-electron chi connectivity index (χ3n) is 1.59. The van der Waals surface area contributed by atoms with Gasteiger partial charge in [-0.05, 0) is 6.07 Å². The van der Waals surface area contributed by atoms with E-state index in [4.69, 9.17) is 33.7 Å². The summed E-state index contributed by atoms with van der Waals surface area (Å²) in [4.78, 5) is 3.87. The predicted molar refractivity (Wildman–Crippen MR) is 53.1 cm³/mol. The standard InChI is InChI=1S/C8H10Cl2N2O/c1-13-4-6(11)5-2-3-7(9)12-8(5)10/h2-3,6H,4,11H2,1H3/t6-/m1/s1. The molecular weight excluding hydrogens is 211 g/mol. The molecule has 0 unspecified atom stereocenters. The largest absolute Gasteiger partial charge is 0.383 e. The van der Waals surface area contributed by atoms with Crippen LogP contribution in [-0.4, -0.2) is 18.7 Å². The van der Waals surface area contributed by atoms with E-state index in [0.29, 0.717) is 16.9 Å². The monoisotopic (exact) mass is 220 g/mol. The molecule has 0 saturated carbocycles. The molecule has 1 rings (SSSR count). The van der Waals surface area contributed by atoms with E-state index in [1.807, 2.05) is 0 Å². The number of pyridine rings is 1. The van der Waals surface area contributed by atoms with Crippen molar-refractivity contribution in [3.8, 4) is 0 Å². The molecule has 0 aromatic carbocycles. The zero-order valence-electron chi connectivity index (χ0n) is 7.13. The lowest BCUT2D eigenvalue weighted by Crippen LogP contribution is -2.16. The second kappa shape index (κ2) is 4.77. The SMILES string of the molecule is COC[C@@H](N)c1ccc(Cl)nc1Cl. The van der Waals surface area contributed by atoms with Crippen LogP contribution in [0.3, 0.4) is 0 Å². The molecule has 0 fully saturated rings. The number of methoxy groups -OCH3 is 1. The summed E-state index contributed by atoms with van der Waals surface area (Å²) in [6, 6.07) is 3.14. The summed E-state index contributed by atoms with van der Waals surface area (Å²) in [7, 11) is 1.58. The molecule has 0 amide bonds. The first-order valence-corrected chi connectivity index (χ1v) is 4.47. The van der Waals surface area contributed by atoms with Crippen LogP contribution in [0.2, 0.25) is 10.3 Å². The Morgan fingerprint density at radius 1 is 1.54 bits per heavy atom. The maximum Gasteiger partial charge on any atom is 0.135 e. The number of halogens is 2. The van der Waals surface area contributed by atoms with E-state index >= 15 is 0 Å². The lowest BCUT2D eigenvalue weighted by Gasteiger charge is -2.11. The average molecular weight is 221 g/mol. The second-order valence-electron chi connectivity index (χ2n) is 2.58. The number of hydrogen-bond donors (Lipinski definition) is 1. The first-order chi connectivity index (χ1) is 6.15. The van der Waals surface area contributed by atoms with E-state index in [1.54, 1.807) is 19.2 Å². The third kappa shape index (κ3) is 2.81. The molecular formula is C8H10Cl2N2O. The van der Waals surface area contributed by atoms with Gasteiger partial charge in [0.05, 0.1) is 12.6 Å². The Bertz CT molecular complexity index is 293. The normalized spacial score (nSPS) is 12.9. The van der Waals surface area contributed by atoms with Crippen LogP contribution < -0.4 is 5.73 Å². The van der Waals surface area contributed by atoms with E-state index in [1.165, 1.54) is 0 Å². The Balaban J connectivity index is 2.88. The molecule has 1 aromatic heterocycles. The van der Waals surface area contributed by atoms with Crippen LogP contribution in [0.1, 0.15) is 11.6 Å². The average Bonchev–Trinajstić information content (AvgIpc) is 2.04. The number of nitrogens with zero attached hydrogens (tertiary/aromatic N) is 1. The highest BCUT2D eigenvalue weighted by Gasteiger charge is 2.10. The van der Waals surface area contributed by atoms with Crippen LogP contribution in [0.4, 0.5) is 0 Å². The minimum absolute atomic E-state index is 0.262. The van der Waals surface area contributed by atoms with Crippen LogP contribution in [-0.2, 0) is 4.74 Å². The summed E-state index contributed by atoms with van der Waals surface area (Å²) in [6.45, 7) is 0.406. The van der Waals surface area contributed by atoms with Gasteiger partial charge in [0.2, 0.25) is 0 Å². The molecule has 13 heavy (non-hydrogen) atoms. The molecule has 0 radical (unpaired) electrons. The maximum absolute atomic E-state index is 5.83. The third-order valence-corrected chi connectivity index (χ3v) is 2.10. The number of hydrogen-bond acceptors (Lipinski definition) is 3. The second-order valence-corrected chi connectivity index (χ2v) is 3.32. The fourth-order valence-electron chi connectivity index (χ4n) is 0.969. The lowest BCUT2D eigenvalue weighted by molar-refractivity contribution is 0.181. The Morgan fingerprint density at radius 2 is 2.23 bits per heavy atom. The van der Waals surface area contributed by atoms with Gasteiger partial charge in [-0.25, -0.2) is 4.98 Å². The number of aromatic nitrogens is 1.